The van der Waals surface area contributed by atoms with Crippen LogP contribution in [0.4, 0.5) is 0 Å². The average molecular weight is 158 g/mol. The lowest BCUT2D eigenvalue weighted by Gasteiger charge is -2.05. The lowest BCUT2D eigenvalue weighted by atomic mass is 10.2. The van der Waals surface area contributed by atoms with E-state index in [9.17, 15) is 0 Å². The van der Waals surface area contributed by atoms with Gasteiger partial charge < -0.3 is 4.90 Å². The molecule has 0 aromatic rings. The van der Waals surface area contributed by atoms with Crippen molar-refractivity contribution in [2.24, 2.45) is 0 Å². The Hall–Kier alpha value is -0.0000000000000000208. The van der Waals surface area contributed by atoms with Crippen molar-refractivity contribution in [3.63, 3.8) is 0 Å². The molecule has 0 fully saturated rings. The van der Waals surface area contributed by atoms with Crippen molar-refractivity contribution in [1.29, 1.82) is 0 Å². The summed E-state index contributed by atoms with van der Waals surface area (Å²) in [6.07, 6.45) is 9.73. The van der Waals surface area contributed by atoms with Gasteiger partial charge >= 0.3 is 0 Å². The van der Waals surface area contributed by atoms with Gasteiger partial charge in [0.2, 0.25) is 0 Å². The van der Waals surface area contributed by atoms with E-state index >= 15 is 0 Å². The maximum Gasteiger partial charge on any atom is 0.127 e. The van der Waals surface area contributed by atoms with Gasteiger partial charge in [-0.3, -0.25) is 0 Å². The van der Waals surface area contributed by atoms with E-state index in [0.29, 0.717) is 0 Å². The van der Waals surface area contributed by atoms with Crippen LogP contribution in [-0.2, 0) is 0 Å². The quantitative estimate of drug-likeness (QED) is 0.324. The lowest BCUT2D eigenvalue weighted by molar-refractivity contribution is 0.400. The Bertz CT molecular complexity index is 81.3. The highest BCUT2D eigenvalue weighted by Gasteiger charge is 1.96. The van der Waals surface area contributed by atoms with Crippen LogP contribution in [-0.4, -0.2) is 38.0 Å². The molecule has 10 heavy (non-hydrogen) atoms. The highest BCUT2D eigenvalue weighted by Crippen LogP contribution is 2.00. The molecule has 0 heterocycles. The summed E-state index contributed by atoms with van der Waals surface area (Å²) in [5, 5.41) is 0. The SMILES string of the molecule is C=PC[CH+]CCCN(C)C. The standard InChI is InChI=1S/C8H17NP/c1-9(2)7-5-4-6-8-10-3/h6H,3-5,7-8H2,1-2H3/q+1. The van der Waals surface area contributed by atoms with Gasteiger partial charge in [0.25, 0.3) is 0 Å². The molecule has 1 nitrogen and oxygen atoms in total. The molecule has 0 saturated heterocycles. The monoisotopic (exact) mass is 158 g/mol. The summed E-state index contributed by atoms with van der Waals surface area (Å²) in [6, 6.07) is 0. The van der Waals surface area contributed by atoms with Gasteiger partial charge in [0.15, 0.2) is 0 Å². The van der Waals surface area contributed by atoms with E-state index in [1.807, 2.05) is 0 Å². The molecule has 0 atom stereocenters. The van der Waals surface area contributed by atoms with Gasteiger partial charge in [0.1, 0.15) is 6.16 Å². The van der Waals surface area contributed by atoms with Gasteiger partial charge in [-0.25, -0.2) is 0 Å². The summed E-state index contributed by atoms with van der Waals surface area (Å²) in [5.41, 5.74) is 0. The van der Waals surface area contributed by atoms with Gasteiger partial charge in [0, 0.05) is 13.0 Å². The van der Waals surface area contributed by atoms with Crippen molar-refractivity contribution in [2.75, 3.05) is 26.8 Å². The van der Waals surface area contributed by atoms with Crippen LogP contribution < -0.4 is 0 Å². The molecule has 0 aromatic heterocycles. The molecule has 0 amide bonds. The van der Waals surface area contributed by atoms with Gasteiger partial charge in [0.05, 0.1) is 12.8 Å². The second-order valence-electron chi connectivity index (χ2n) is 2.64. The first-order chi connectivity index (χ1) is 4.77. The molecular formula is C8H17NP+. The zero-order valence-electron chi connectivity index (χ0n) is 7.01. The fourth-order valence-electron chi connectivity index (χ4n) is 0.734. The van der Waals surface area contributed by atoms with Crippen molar-refractivity contribution in [3.05, 3.63) is 6.42 Å². The van der Waals surface area contributed by atoms with Crippen molar-refractivity contribution >= 4 is 14.5 Å². The highest BCUT2D eigenvalue weighted by molar-refractivity contribution is 7.36. The van der Waals surface area contributed by atoms with E-state index in [1.165, 1.54) is 27.6 Å². The number of unbranched alkanes of at least 4 members (excludes halogenated alkanes) is 2. The topological polar surface area (TPSA) is 3.24 Å². The summed E-state index contributed by atoms with van der Waals surface area (Å²) in [4.78, 5) is 2.22. The maximum atomic E-state index is 3.75. The Morgan fingerprint density at radius 2 is 2.20 bits per heavy atom. The zero-order chi connectivity index (χ0) is 7.82. The molecule has 0 aromatic carbocycles. The summed E-state index contributed by atoms with van der Waals surface area (Å²) in [7, 11) is 5.46. The van der Waals surface area contributed by atoms with E-state index < -0.39 is 0 Å². The Balaban J connectivity index is 2.83. The molecule has 58 valence electrons. The lowest BCUT2D eigenvalue weighted by Crippen LogP contribution is -2.12. The smallest absolute Gasteiger partial charge is 0.127 e. The predicted molar refractivity (Wildman–Crippen MR) is 51.0 cm³/mol. The Kier molecular flexibility index (Phi) is 7.11. The molecular weight excluding hydrogens is 141 g/mol. The van der Waals surface area contributed by atoms with E-state index in [0.717, 1.165) is 6.16 Å². The Labute approximate surface area is 66.2 Å². The van der Waals surface area contributed by atoms with Crippen LogP contribution in [0.15, 0.2) is 0 Å². The third kappa shape index (κ3) is 8.00. The van der Waals surface area contributed by atoms with Gasteiger partial charge in [-0.1, -0.05) is 14.5 Å². The van der Waals surface area contributed by atoms with Crippen LogP contribution in [0.25, 0.3) is 0 Å². The molecule has 0 aliphatic heterocycles. The summed E-state index contributed by atoms with van der Waals surface area (Å²) in [6.45, 7) is 1.20. The highest BCUT2D eigenvalue weighted by atomic mass is 31.1. The first-order valence-electron chi connectivity index (χ1n) is 3.66. The van der Waals surface area contributed by atoms with Crippen LogP contribution in [0.3, 0.4) is 0 Å². The number of hydrogen-bond donors (Lipinski definition) is 0. The van der Waals surface area contributed by atoms with E-state index in [-0.39, 0.29) is 0 Å². The van der Waals surface area contributed by atoms with Crippen LogP contribution >= 0.6 is 8.20 Å². The number of hydrogen-bond acceptors (Lipinski definition) is 1. The predicted octanol–water partition coefficient (Wildman–Crippen LogP) is 1.91. The molecule has 0 rings (SSSR count). The van der Waals surface area contributed by atoms with Gasteiger partial charge in [-0.2, -0.15) is 0 Å². The Morgan fingerprint density at radius 3 is 2.70 bits per heavy atom. The largest absolute Gasteiger partial charge is 0.309 e. The van der Waals surface area contributed by atoms with E-state index in [1.54, 1.807) is 0 Å². The van der Waals surface area contributed by atoms with Crippen LogP contribution in [0.1, 0.15) is 12.8 Å². The third-order valence-electron chi connectivity index (χ3n) is 1.27. The second kappa shape index (κ2) is 7.11. The minimum Gasteiger partial charge on any atom is -0.309 e. The molecule has 0 aliphatic carbocycles. The Morgan fingerprint density at radius 1 is 1.50 bits per heavy atom. The molecule has 0 saturated carbocycles. The van der Waals surface area contributed by atoms with Crippen molar-refractivity contribution in [2.45, 2.75) is 12.8 Å². The fraction of sp³-hybridized carbons (Fsp3) is 0.750. The maximum absolute atomic E-state index is 3.75. The van der Waals surface area contributed by atoms with Crippen molar-refractivity contribution in [3.8, 4) is 0 Å². The summed E-state index contributed by atoms with van der Waals surface area (Å²) in [5.74, 6) is 0. The second-order valence-corrected chi connectivity index (χ2v) is 3.45. The average Bonchev–Trinajstić information content (AvgIpc) is 1.87. The minimum atomic E-state index is 1.15. The molecule has 0 radical (unpaired) electrons. The minimum absolute atomic E-state index is 1.15. The number of rotatable bonds is 6. The third-order valence-corrected chi connectivity index (χ3v) is 1.79. The van der Waals surface area contributed by atoms with Gasteiger partial charge in [-0.15, -0.1) is 0 Å². The molecule has 0 spiro atoms. The molecule has 2 heteroatoms. The fourth-order valence-corrected chi connectivity index (χ4v) is 1.10. The van der Waals surface area contributed by atoms with E-state index in [2.05, 4.69) is 31.7 Å². The first kappa shape index (κ1) is 10.0. The molecule has 0 bridgehead atoms. The van der Waals surface area contributed by atoms with Crippen molar-refractivity contribution in [1.82, 2.24) is 4.90 Å². The zero-order valence-corrected chi connectivity index (χ0v) is 7.90. The van der Waals surface area contributed by atoms with E-state index in [4.69, 9.17) is 0 Å². The number of nitrogens with zero attached hydrogens (tertiary/aromatic N) is 1. The van der Waals surface area contributed by atoms with Crippen LogP contribution in [0, 0.1) is 6.42 Å². The first-order valence-corrected chi connectivity index (χ1v) is 4.92. The van der Waals surface area contributed by atoms with Gasteiger partial charge in [-0.05, 0) is 14.1 Å². The van der Waals surface area contributed by atoms with Crippen LogP contribution in [0.5, 0.6) is 0 Å². The van der Waals surface area contributed by atoms with Crippen molar-refractivity contribution < 1.29 is 0 Å². The summed E-state index contributed by atoms with van der Waals surface area (Å²) >= 11 is 0. The molecule has 0 unspecified atom stereocenters. The normalized spacial score (nSPS) is 10.7. The molecule has 0 N–H and O–H groups in total. The van der Waals surface area contributed by atoms with Crippen LogP contribution in [0.2, 0.25) is 0 Å². The summed E-state index contributed by atoms with van der Waals surface area (Å²) < 4.78 is 0. The molecule has 0 aliphatic rings.